The lowest BCUT2D eigenvalue weighted by Crippen LogP contribution is -2.06. The molecule has 15 heavy (non-hydrogen) atoms. The fraction of sp³-hybridized carbons (Fsp3) is 0.875. The first-order valence-corrected chi connectivity index (χ1v) is 6.36. The van der Waals surface area contributed by atoms with Gasteiger partial charge in [-0.15, -0.1) is 0 Å². The zero-order valence-electron chi connectivity index (χ0n) is 9.30. The summed E-state index contributed by atoms with van der Waals surface area (Å²) in [6, 6.07) is 0. The second kappa shape index (κ2) is 10.1. The van der Waals surface area contributed by atoms with Crippen molar-refractivity contribution in [2.75, 3.05) is 26.5 Å². The maximum Gasteiger partial charge on any atom is 0.326 e. The van der Waals surface area contributed by atoms with Crippen molar-refractivity contribution in [3.63, 3.8) is 0 Å². The lowest BCUT2D eigenvalue weighted by molar-refractivity contribution is -0.142. The molecule has 0 heterocycles. The first-order chi connectivity index (χ1) is 6.87. The van der Waals surface area contributed by atoms with E-state index in [2.05, 4.69) is 9.47 Å². The Hall–Kier alpha value is -0.420. The molecule has 0 saturated heterocycles. The summed E-state index contributed by atoms with van der Waals surface area (Å²) >= 11 is 0. The predicted molar refractivity (Wildman–Crippen MR) is 55.7 cm³/mol. The third-order valence-electron chi connectivity index (χ3n) is 1.20. The van der Waals surface area contributed by atoms with E-state index in [0.29, 0.717) is 0 Å². The molecule has 92 valence electrons. The van der Waals surface area contributed by atoms with Crippen molar-refractivity contribution < 1.29 is 28.6 Å². The Morgan fingerprint density at radius 2 is 1.73 bits per heavy atom. The Labute approximate surface area is 89.7 Å². The third-order valence-corrected chi connectivity index (χ3v) is 2.01. The van der Waals surface area contributed by atoms with Gasteiger partial charge in [0.05, 0.1) is 19.2 Å². The molecule has 0 bridgehead atoms. The van der Waals surface area contributed by atoms with Gasteiger partial charge in [0.2, 0.25) is 0 Å². The van der Waals surface area contributed by atoms with Crippen LogP contribution >= 0.6 is 7.60 Å². The molecule has 0 aromatic rings. The van der Waals surface area contributed by atoms with E-state index in [-0.39, 0.29) is 13.0 Å². The minimum atomic E-state index is -4.04. The largest absolute Gasteiger partial charge is 0.466 e. The fourth-order valence-electron chi connectivity index (χ4n) is 0.470. The summed E-state index contributed by atoms with van der Waals surface area (Å²) in [5, 5.41) is 0. The van der Waals surface area contributed by atoms with E-state index in [9.17, 15) is 9.36 Å². The van der Waals surface area contributed by atoms with Crippen LogP contribution in [0, 0.1) is 0 Å². The highest BCUT2D eigenvalue weighted by molar-refractivity contribution is 7.51. The molecule has 0 aromatic heterocycles. The van der Waals surface area contributed by atoms with E-state index < -0.39 is 19.7 Å². The monoisotopic (exact) mass is 242 g/mol. The highest BCUT2D eigenvalue weighted by Crippen LogP contribution is 2.34. The van der Waals surface area contributed by atoms with Crippen molar-refractivity contribution in [1.82, 2.24) is 0 Å². The number of ether oxygens (including phenoxy) is 2. The minimum Gasteiger partial charge on any atom is -0.466 e. The molecule has 0 spiro atoms. The fourth-order valence-corrected chi connectivity index (χ4v) is 0.944. The van der Waals surface area contributed by atoms with Gasteiger partial charge >= 0.3 is 13.6 Å². The molecule has 0 aromatic carbocycles. The molecule has 0 radical (unpaired) electrons. The van der Waals surface area contributed by atoms with Crippen molar-refractivity contribution in [2.24, 2.45) is 0 Å². The number of esters is 1. The second-order valence-electron chi connectivity index (χ2n) is 2.52. The summed E-state index contributed by atoms with van der Waals surface area (Å²) in [7, 11) is -2.36. The topological polar surface area (TPSA) is 93.1 Å². The van der Waals surface area contributed by atoms with Crippen LogP contribution < -0.4 is 0 Å². The smallest absolute Gasteiger partial charge is 0.326 e. The highest BCUT2D eigenvalue weighted by atomic mass is 31.2. The molecule has 0 saturated carbocycles. The molecule has 0 fully saturated rings. The SMILES string of the molecule is CCOC.CCOC(=O)CCP(=O)(O)O. The average Bonchev–Trinajstić information content (AvgIpc) is 2.15. The van der Waals surface area contributed by atoms with E-state index in [4.69, 9.17) is 9.79 Å². The molecule has 7 heteroatoms. The molecule has 0 unspecified atom stereocenters. The van der Waals surface area contributed by atoms with Crippen molar-refractivity contribution in [1.29, 1.82) is 0 Å². The number of hydrogen-bond acceptors (Lipinski definition) is 4. The zero-order chi connectivity index (χ0) is 12.3. The van der Waals surface area contributed by atoms with E-state index in [1.165, 1.54) is 0 Å². The van der Waals surface area contributed by atoms with Gasteiger partial charge in [0.15, 0.2) is 0 Å². The summed E-state index contributed by atoms with van der Waals surface area (Å²) in [4.78, 5) is 27.2. The maximum atomic E-state index is 10.5. The van der Waals surface area contributed by atoms with E-state index in [0.717, 1.165) is 6.61 Å². The van der Waals surface area contributed by atoms with E-state index in [1.807, 2.05) is 6.92 Å². The van der Waals surface area contributed by atoms with Crippen LogP contribution in [0.5, 0.6) is 0 Å². The van der Waals surface area contributed by atoms with Crippen LogP contribution in [0.1, 0.15) is 20.3 Å². The van der Waals surface area contributed by atoms with Crippen molar-refractivity contribution in [2.45, 2.75) is 20.3 Å². The minimum absolute atomic E-state index is 0.224. The van der Waals surface area contributed by atoms with Crippen LogP contribution in [0.15, 0.2) is 0 Å². The number of carbonyl (C=O) groups excluding carboxylic acids is 1. The number of carbonyl (C=O) groups is 1. The van der Waals surface area contributed by atoms with Gasteiger partial charge in [-0.25, -0.2) is 0 Å². The molecule has 6 nitrogen and oxygen atoms in total. The standard InChI is InChI=1S/C5H11O5P.C3H8O/c1-2-10-5(6)3-4-11(7,8)9;1-3-4-2/h2-4H2,1H3,(H2,7,8,9);3H2,1-2H3. The van der Waals surface area contributed by atoms with Crippen LogP contribution in [0.2, 0.25) is 0 Å². The predicted octanol–water partition coefficient (Wildman–Crippen LogP) is 0.770. The van der Waals surface area contributed by atoms with Gasteiger partial charge < -0.3 is 19.3 Å². The van der Waals surface area contributed by atoms with Gasteiger partial charge in [-0.05, 0) is 13.8 Å². The van der Waals surface area contributed by atoms with Gasteiger partial charge in [-0.2, -0.15) is 0 Å². The van der Waals surface area contributed by atoms with Gasteiger partial charge in [-0.3, -0.25) is 9.36 Å². The zero-order valence-corrected chi connectivity index (χ0v) is 10.2. The van der Waals surface area contributed by atoms with Gasteiger partial charge in [-0.1, -0.05) is 0 Å². The number of hydrogen-bond donors (Lipinski definition) is 2. The van der Waals surface area contributed by atoms with Crippen LogP contribution in [0.4, 0.5) is 0 Å². The summed E-state index contributed by atoms with van der Waals surface area (Å²) in [5.41, 5.74) is 0. The Balaban J connectivity index is 0. The molecule has 0 aliphatic rings. The summed E-state index contributed by atoms with van der Waals surface area (Å²) in [6.07, 6.45) is -0.663. The number of rotatable bonds is 5. The van der Waals surface area contributed by atoms with Crippen LogP contribution in [0.25, 0.3) is 0 Å². The Morgan fingerprint density at radius 3 is 2.00 bits per heavy atom. The highest BCUT2D eigenvalue weighted by Gasteiger charge is 2.15. The van der Waals surface area contributed by atoms with Crippen molar-refractivity contribution >= 4 is 13.6 Å². The normalized spacial score (nSPS) is 10.2. The number of methoxy groups -OCH3 is 1. The average molecular weight is 242 g/mol. The van der Waals surface area contributed by atoms with E-state index >= 15 is 0 Å². The summed E-state index contributed by atoms with van der Waals surface area (Å²) < 4.78 is 19.2. The molecular formula is C8H19O6P. The van der Waals surface area contributed by atoms with Gasteiger partial charge in [0.25, 0.3) is 0 Å². The summed E-state index contributed by atoms with van der Waals surface area (Å²) in [6.45, 7) is 4.65. The Kier molecular flexibility index (Phi) is 11.5. The second-order valence-corrected chi connectivity index (χ2v) is 4.30. The van der Waals surface area contributed by atoms with Crippen molar-refractivity contribution in [3.05, 3.63) is 0 Å². The van der Waals surface area contributed by atoms with Gasteiger partial charge in [0, 0.05) is 13.7 Å². The quantitative estimate of drug-likeness (QED) is 0.546. The molecule has 0 aliphatic heterocycles. The first kappa shape index (κ1) is 17.0. The Morgan fingerprint density at radius 1 is 1.27 bits per heavy atom. The first-order valence-electron chi connectivity index (χ1n) is 4.56. The lowest BCUT2D eigenvalue weighted by Gasteiger charge is -2.02. The third kappa shape index (κ3) is 19.8. The molecule has 0 amide bonds. The lowest BCUT2D eigenvalue weighted by atomic mass is 10.5. The molecule has 0 atom stereocenters. The molecular weight excluding hydrogens is 223 g/mol. The Bertz CT molecular complexity index is 197. The van der Waals surface area contributed by atoms with Crippen LogP contribution in [-0.4, -0.2) is 42.2 Å². The van der Waals surface area contributed by atoms with Crippen LogP contribution in [0.3, 0.4) is 0 Å². The van der Waals surface area contributed by atoms with Gasteiger partial charge in [0.1, 0.15) is 0 Å². The summed E-state index contributed by atoms with van der Waals surface area (Å²) in [5.74, 6) is -0.573. The van der Waals surface area contributed by atoms with Crippen LogP contribution in [-0.2, 0) is 18.8 Å². The molecule has 0 aliphatic carbocycles. The molecule has 0 rings (SSSR count). The van der Waals surface area contributed by atoms with Crippen molar-refractivity contribution in [3.8, 4) is 0 Å². The molecule has 2 N–H and O–H groups in total. The van der Waals surface area contributed by atoms with E-state index in [1.54, 1.807) is 14.0 Å². The maximum absolute atomic E-state index is 10.5.